The van der Waals surface area contributed by atoms with Gasteiger partial charge in [0.25, 0.3) is 0 Å². The average Bonchev–Trinajstić information content (AvgIpc) is 2.39. The molecule has 0 aromatic heterocycles. The number of benzene rings is 2. The molecule has 0 amide bonds. The van der Waals surface area contributed by atoms with E-state index in [1.807, 2.05) is 0 Å². The fourth-order valence-electron chi connectivity index (χ4n) is 2.35. The van der Waals surface area contributed by atoms with E-state index < -0.39 is 0 Å². The van der Waals surface area contributed by atoms with Crippen LogP contribution < -0.4 is 0 Å². The van der Waals surface area contributed by atoms with Gasteiger partial charge >= 0.3 is 0 Å². The molecule has 0 aliphatic carbocycles. The molecule has 0 saturated heterocycles. The summed E-state index contributed by atoms with van der Waals surface area (Å²) in [7, 11) is 0. The van der Waals surface area contributed by atoms with E-state index in [0.29, 0.717) is 5.92 Å². The van der Waals surface area contributed by atoms with Gasteiger partial charge in [0.1, 0.15) is 0 Å². The molecule has 1 atom stereocenters. The Balaban J connectivity index is 2.54. The van der Waals surface area contributed by atoms with Crippen LogP contribution in [0, 0.1) is 13.8 Å². The van der Waals surface area contributed by atoms with Gasteiger partial charge in [-0.3, -0.25) is 0 Å². The first kappa shape index (κ1) is 12.9. The van der Waals surface area contributed by atoms with Gasteiger partial charge in [0.05, 0.1) is 0 Å². The molecule has 0 radical (unpaired) electrons. The van der Waals surface area contributed by atoms with E-state index in [1.54, 1.807) is 0 Å². The predicted octanol–water partition coefficient (Wildman–Crippen LogP) is 5.48. The van der Waals surface area contributed by atoms with E-state index in [0.717, 1.165) is 0 Å². The number of aryl methyl sites for hydroxylation is 2. The van der Waals surface area contributed by atoms with Crippen LogP contribution in [0.15, 0.2) is 42.5 Å². The normalized spacial score (nSPS) is 12.4. The molecule has 0 saturated carbocycles. The van der Waals surface area contributed by atoms with Gasteiger partial charge in [-0.15, -0.1) is 0 Å². The Morgan fingerprint density at radius 2 is 1.56 bits per heavy atom. The first-order valence-electron chi connectivity index (χ1n) is 6.80. The summed E-state index contributed by atoms with van der Waals surface area (Å²) in [5.41, 5.74) is 6.89. The van der Waals surface area contributed by atoms with Gasteiger partial charge < -0.3 is 0 Å². The van der Waals surface area contributed by atoms with Crippen LogP contribution >= 0.6 is 0 Å². The van der Waals surface area contributed by atoms with Gasteiger partial charge in [-0.05, 0) is 54.0 Å². The van der Waals surface area contributed by atoms with Gasteiger partial charge in [-0.2, -0.15) is 0 Å². The third-order valence-corrected chi connectivity index (χ3v) is 3.88. The van der Waals surface area contributed by atoms with Crippen LogP contribution in [0.25, 0.3) is 11.1 Å². The Bertz CT molecular complexity index is 537. The van der Waals surface area contributed by atoms with E-state index in [-0.39, 0.29) is 0 Å². The van der Waals surface area contributed by atoms with Crippen molar-refractivity contribution in [3.63, 3.8) is 0 Å². The van der Waals surface area contributed by atoms with E-state index in [1.165, 1.54) is 34.2 Å². The summed E-state index contributed by atoms with van der Waals surface area (Å²) in [6, 6.07) is 15.5. The molecule has 0 nitrogen and oxygen atoms in total. The first-order chi connectivity index (χ1) is 8.63. The van der Waals surface area contributed by atoms with Crippen molar-refractivity contribution in [3.8, 4) is 11.1 Å². The van der Waals surface area contributed by atoms with Crippen LogP contribution in [0.5, 0.6) is 0 Å². The van der Waals surface area contributed by atoms with Crippen molar-refractivity contribution in [2.75, 3.05) is 0 Å². The van der Waals surface area contributed by atoms with Crippen molar-refractivity contribution in [3.05, 3.63) is 59.2 Å². The third kappa shape index (κ3) is 2.48. The summed E-state index contributed by atoms with van der Waals surface area (Å²) in [6.45, 7) is 8.93. The highest BCUT2D eigenvalue weighted by Crippen LogP contribution is 2.30. The zero-order valence-electron chi connectivity index (χ0n) is 11.8. The smallest absolute Gasteiger partial charge is 0.0149 e. The van der Waals surface area contributed by atoms with Gasteiger partial charge in [-0.25, -0.2) is 0 Å². The molecule has 2 rings (SSSR count). The molecular formula is C18H22. The fraction of sp³-hybridized carbons (Fsp3) is 0.333. The molecule has 2 aromatic carbocycles. The Morgan fingerprint density at radius 1 is 0.889 bits per heavy atom. The molecule has 0 heterocycles. The second-order valence-electron chi connectivity index (χ2n) is 5.20. The maximum Gasteiger partial charge on any atom is -0.0149 e. The minimum Gasteiger partial charge on any atom is -0.0648 e. The van der Waals surface area contributed by atoms with Crippen LogP contribution in [0.4, 0.5) is 0 Å². The summed E-state index contributed by atoms with van der Waals surface area (Å²) in [5, 5.41) is 0. The molecule has 94 valence electrons. The molecule has 0 aliphatic rings. The fourth-order valence-corrected chi connectivity index (χ4v) is 2.35. The molecule has 0 N–H and O–H groups in total. The standard InChI is InChI=1S/C18H22/c1-5-13(2)16-11-10-15(4)18(12-16)17-9-7-6-8-14(17)3/h6-13H,5H2,1-4H3/t13-/m1/s1. The van der Waals surface area contributed by atoms with Gasteiger partial charge in [-0.1, -0.05) is 56.3 Å². The predicted molar refractivity (Wildman–Crippen MR) is 80.1 cm³/mol. The number of hydrogen-bond donors (Lipinski definition) is 0. The Kier molecular flexibility index (Phi) is 3.86. The van der Waals surface area contributed by atoms with Crippen molar-refractivity contribution in [1.82, 2.24) is 0 Å². The monoisotopic (exact) mass is 238 g/mol. The van der Waals surface area contributed by atoms with Crippen LogP contribution in [0.3, 0.4) is 0 Å². The topological polar surface area (TPSA) is 0 Å². The van der Waals surface area contributed by atoms with Gasteiger partial charge in [0, 0.05) is 0 Å². The summed E-state index contributed by atoms with van der Waals surface area (Å²) >= 11 is 0. The maximum atomic E-state index is 2.37. The summed E-state index contributed by atoms with van der Waals surface area (Å²) in [6.07, 6.45) is 1.19. The zero-order chi connectivity index (χ0) is 13.1. The lowest BCUT2D eigenvalue weighted by atomic mass is 9.90. The minimum absolute atomic E-state index is 0.633. The van der Waals surface area contributed by atoms with E-state index in [4.69, 9.17) is 0 Å². The molecule has 0 spiro atoms. The van der Waals surface area contributed by atoms with Crippen LogP contribution in [-0.4, -0.2) is 0 Å². The van der Waals surface area contributed by atoms with Gasteiger partial charge in [0.2, 0.25) is 0 Å². The molecule has 2 aromatic rings. The Morgan fingerprint density at radius 3 is 2.22 bits per heavy atom. The van der Waals surface area contributed by atoms with E-state index in [9.17, 15) is 0 Å². The Labute approximate surface area is 111 Å². The summed E-state index contributed by atoms with van der Waals surface area (Å²) in [4.78, 5) is 0. The van der Waals surface area contributed by atoms with E-state index >= 15 is 0 Å². The first-order valence-corrected chi connectivity index (χ1v) is 6.80. The highest BCUT2D eigenvalue weighted by molar-refractivity contribution is 5.71. The second-order valence-corrected chi connectivity index (χ2v) is 5.20. The lowest BCUT2D eigenvalue weighted by Gasteiger charge is -2.14. The maximum absolute atomic E-state index is 2.37. The largest absolute Gasteiger partial charge is 0.0648 e. The van der Waals surface area contributed by atoms with Crippen molar-refractivity contribution in [1.29, 1.82) is 0 Å². The minimum atomic E-state index is 0.633. The van der Waals surface area contributed by atoms with Gasteiger partial charge in [0.15, 0.2) is 0 Å². The van der Waals surface area contributed by atoms with E-state index in [2.05, 4.69) is 70.2 Å². The molecule has 0 unspecified atom stereocenters. The SMILES string of the molecule is CC[C@@H](C)c1ccc(C)c(-c2ccccc2C)c1. The molecule has 0 aliphatic heterocycles. The third-order valence-electron chi connectivity index (χ3n) is 3.88. The number of hydrogen-bond acceptors (Lipinski definition) is 0. The highest BCUT2D eigenvalue weighted by Gasteiger charge is 2.08. The number of rotatable bonds is 3. The van der Waals surface area contributed by atoms with Crippen molar-refractivity contribution in [2.45, 2.75) is 40.0 Å². The molecular weight excluding hydrogens is 216 g/mol. The van der Waals surface area contributed by atoms with Crippen LogP contribution in [-0.2, 0) is 0 Å². The average molecular weight is 238 g/mol. The van der Waals surface area contributed by atoms with Crippen molar-refractivity contribution >= 4 is 0 Å². The van der Waals surface area contributed by atoms with Crippen LogP contribution in [0.1, 0.15) is 42.9 Å². The van der Waals surface area contributed by atoms with Crippen molar-refractivity contribution < 1.29 is 0 Å². The van der Waals surface area contributed by atoms with Crippen molar-refractivity contribution in [2.24, 2.45) is 0 Å². The summed E-state index contributed by atoms with van der Waals surface area (Å²) in [5.74, 6) is 0.633. The van der Waals surface area contributed by atoms with Crippen LogP contribution in [0.2, 0.25) is 0 Å². The quantitative estimate of drug-likeness (QED) is 0.663. The second kappa shape index (κ2) is 5.39. The molecule has 0 bridgehead atoms. The highest BCUT2D eigenvalue weighted by atomic mass is 14.1. The molecule has 0 heteroatoms. The zero-order valence-corrected chi connectivity index (χ0v) is 11.8. The molecule has 18 heavy (non-hydrogen) atoms. The lowest BCUT2D eigenvalue weighted by Crippen LogP contribution is -1.94. The Hall–Kier alpha value is -1.56. The summed E-state index contributed by atoms with van der Waals surface area (Å²) < 4.78 is 0. The molecule has 0 fully saturated rings. The lowest BCUT2D eigenvalue weighted by molar-refractivity contribution is 0.733.